The maximum Gasteiger partial charge on any atom is 0.149 e. The minimum Gasteiger partial charge on any atom is -0.298 e. The van der Waals surface area contributed by atoms with Crippen LogP contribution in [0.25, 0.3) is 0 Å². The Bertz CT molecular complexity index is 208. The van der Waals surface area contributed by atoms with E-state index in [1.54, 1.807) is 0 Å². The summed E-state index contributed by atoms with van der Waals surface area (Å²) in [6, 6.07) is 0. The van der Waals surface area contributed by atoms with Crippen LogP contribution in [0.3, 0.4) is 0 Å². The van der Waals surface area contributed by atoms with Gasteiger partial charge in [-0.15, -0.1) is 0 Å². The van der Waals surface area contributed by atoms with Gasteiger partial charge in [0.25, 0.3) is 0 Å². The predicted molar refractivity (Wildman–Crippen MR) is 59.3 cm³/mol. The van der Waals surface area contributed by atoms with Gasteiger partial charge in [0.05, 0.1) is 6.54 Å². The van der Waals surface area contributed by atoms with Gasteiger partial charge in [-0.1, -0.05) is 27.7 Å². The highest BCUT2D eigenvalue weighted by atomic mass is 16.1. The van der Waals surface area contributed by atoms with Crippen molar-refractivity contribution in [3.8, 4) is 0 Å². The molecule has 1 aliphatic heterocycles. The van der Waals surface area contributed by atoms with Crippen LogP contribution in [-0.4, -0.2) is 30.3 Å². The molecule has 0 aromatic rings. The van der Waals surface area contributed by atoms with Gasteiger partial charge in [-0.2, -0.15) is 0 Å². The second-order valence-electron chi connectivity index (χ2n) is 5.60. The summed E-state index contributed by atoms with van der Waals surface area (Å²) in [5, 5.41) is 0. The zero-order valence-electron chi connectivity index (χ0n) is 9.97. The van der Waals surface area contributed by atoms with E-state index in [0.29, 0.717) is 17.7 Å². The molecule has 0 N–H and O–H groups in total. The Labute approximate surface area is 87.7 Å². The number of nitrogens with zero attached hydrogens (tertiary/aromatic N) is 1. The topological polar surface area (TPSA) is 20.3 Å². The van der Waals surface area contributed by atoms with E-state index in [2.05, 4.69) is 18.7 Å². The smallest absolute Gasteiger partial charge is 0.149 e. The quantitative estimate of drug-likeness (QED) is 0.692. The van der Waals surface area contributed by atoms with Gasteiger partial charge in [-0.3, -0.25) is 9.69 Å². The number of ketones is 1. The van der Waals surface area contributed by atoms with Crippen LogP contribution in [0, 0.1) is 11.3 Å². The van der Waals surface area contributed by atoms with Gasteiger partial charge in [-0.05, 0) is 24.8 Å². The molecule has 1 heterocycles. The van der Waals surface area contributed by atoms with E-state index < -0.39 is 0 Å². The fourth-order valence-corrected chi connectivity index (χ4v) is 2.08. The van der Waals surface area contributed by atoms with E-state index in [-0.39, 0.29) is 5.92 Å². The third-order valence-electron chi connectivity index (χ3n) is 3.00. The van der Waals surface area contributed by atoms with E-state index >= 15 is 0 Å². The minimum atomic E-state index is 0.181. The molecule has 2 heteroatoms. The van der Waals surface area contributed by atoms with Crippen molar-refractivity contribution in [2.24, 2.45) is 11.3 Å². The summed E-state index contributed by atoms with van der Waals surface area (Å²) in [4.78, 5) is 13.9. The highest BCUT2D eigenvalue weighted by molar-refractivity contribution is 5.82. The number of hydrogen-bond acceptors (Lipinski definition) is 2. The minimum absolute atomic E-state index is 0.181. The Morgan fingerprint density at radius 1 is 1.43 bits per heavy atom. The van der Waals surface area contributed by atoms with Gasteiger partial charge in [0.1, 0.15) is 5.78 Å². The van der Waals surface area contributed by atoms with E-state index in [4.69, 9.17) is 0 Å². The summed E-state index contributed by atoms with van der Waals surface area (Å²) in [6.07, 6.45) is 2.53. The normalized spacial score (nSPS) is 22.6. The van der Waals surface area contributed by atoms with Gasteiger partial charge < -0.3 is 0 Å². The number of carbonyl (C=O) groups is 1. The van der Waals surface area contributed by atoms with Crippen LogP contribution >= 0.6 is 0 Å². The van der Waals surface area contributed by atoms with Crippen molar-refractivity contribution in [1.29, 1.82) is 0 Å². The van der Waals surface area contributed by atoms with Crippen LogP contribution in [0.15, 0.2) is 0 Å². The lowest BCUT2D eigenvalue weighted by Crippen LogP contribution is -2.43. The molecule has 0 saturated carbocycles. The maximum atomic E-state index is 11.6. The number of rotatable bonds is 3. The third-order valence-corrected chi connectivity index (χ3v) is 3.00. The molecule has 0 aromatic carbocycles. The van der Waals surface area contributed by atoms with E-state index in [9.17, 15) is 4.79 Å². The Hall–Kier alpha value is -0.370. The first-order valence-corrected chi connectivity index (χ1v) is 5.66. The van der Waals surface area contributed by atoms with Crippen molar-refractivity contribution in [3.05, 3.63) is 0 Å². The van der Waals surface area contributed by atoms with Crippen molar-refractivity contribution in [1.82, 2.24) is 4.90 Å². The highest BCUT2D eigenvalue weighted by Crippen LogP contribution is 2.28. The number of piperidine rings is 1. The Balaban J connectivity index is 2.42. The SMILES string of the molecule is CC(C)C(=O)CN1CCCC(C)(C)C1. The molecule has 82 valence electrons. The van der Waals surface area contributed by atoms with Crippen molar-refractivity contribution < 1.29 is 4.79 Å². The molecule has 0 aromatic heterocycles. The fraction of sp³-hybridized carbons (Fsp3) is 0.917. The molecule has 1 rings (SSSR count). The zero-order chi connectivity index (χ0) is 10.8. The summed E-state index contributed by atoms with van der Waals surface area (Å²) in [5.41, 5.74) is 0.398. The number of carbonyl (C=O) groups excluding carboxylic acids is 1. The second-order valence-corrected chi connectivity index (χ2v) is 5.60. The van der Waals surface area contributed by atoms with Crippen molar-refractivity contribution in [3.63, 3.8) is 0 Å². The van der Waals surface area contributed by atoms with Crippen LogP contribution in [0.5, 0.6) is 0 Å². The molecule has 0 spiro atoms. The summed E-state index contributed by atoms with van der Waals surface area (Å²) >= 11 is 0. The summed E-state index contributed by atoms with van der Waals surface area (Å²) in [5.74, 6) is 0.558. The average Bonchev–Trinajstić information content (AvgIpc) is 2.01. The molecule has 1 fully saturated rings. The Kier molecular flexibility index (Phi) is 3.71. The molecule has 0 radical (unpaired) electrons. The summed E-state index contributed by atoms with van der Waals surface area (Å²) in [7, 11) is 0. The lowest BCUT2D eigenvalue weighted by Gasteiger charge is -2.37. The molecular formula is C12H23NO. The maximum absolute atomic E-state index is 11.6. The average molecular weight is 197 g/mol. The van der Waals surface area contributed by atoms with E-state index in [0.717, 1.165) is 13.1 Å². The first kappa shape index (κ1) is 11.7. The van der Waals surface area contributed by atoms with Gasteiger partial charge in [0, 0.05) is 12.5 Å². The Morgan fingerprint density at radius 2 is 2.07 bits per heavy atom. The fourth-order valence-electron chi connectivity index (χ4n) is 2.08. The third kappa shape index (κ3) is 3.41. The Morgan fingerprint density at radius 3 is 2.57 bits per heavy atom. The molecule has 14 heavy (non-hydrogen) atoms. The highest BCUT2D eigenvalue weighted by Gasteiger charge is 2.27. The van der Waals surface area contributed by atoms with Crippen molar-refractivity contribution in [2.75, 3.05) is 19.6 Å². The van der Waals surface area contributed by atoms with Crippen LogP contribution in [0.4, 0.5) is 0 Å². The number of hydrogen-bond donors (Lipinski definition) is 0. The lowest BCUT2D eigenvalue weighted by molar-refractivity contribution is -0.123. The molecule has 1 aliphatic rings. The first-order chi connectivity index (χ1) is 6.41. The molecular weight excluding hydrogens is 174 g/mol. The molecule has 0 unspecified atom stereocenters. The molecule has 0 amide bonds. The largest absolute Gasteiger partial charge is 0.298 e. The van der Waals surface area contributed by atoms with Crippen LogP contribution in [0.2, 0.25) is 0 Å². The van der Waals surface area contributed by atoms with Crippen LogP contribution in [0.1, 0.15) is 40.5 Å². The molecule has 0 aliphatic carbocycles. The molecule has 0 bridgehead atoms. The van der Waals surface area contributed by atoms with Gasteiger partial charge >= 0.3 is 0 Å². The molecule has 2 nitrogen and oxygen atoms in total. The van der Waals surface area contributed by atoms with Gasteiger partial charge in [-0.25, -0.2) is 0 Å². The number of Topliss-reactive ketones (excluding diaryl/α,β-unsaturated/α-hetero) is 1. The molecule has 1 saturated heterocycles. The molecule has 0 atom stereocenters. The van der Waals surface area contributed by atoms with Crippen LogP contribution < -0.4 is 0 Å². The monoisotopic (exact) mass is 197 g/mol. The van der Waals surface area contributed by atoms with Gasteiger partial charge in [0.15, 0.2) is 0 Å². The second kappa shape index (κ2) is 4.43. The predicted octanol–water partition coefficient (Wildman–Crippen LogP) is 2.33. The first-order valence-electron chi connectivity index (χ1n) is 5.66. The van der Waals surface area contributed by atoms with Crippen molar-refractivity contribution >= 4 is 5.78 Å². The standard InChI is InChI=1S/C12H23NO/c1-10(2)11(14)8-13-7-5-6-12(3,4)9-13/h10H,5-9H2,1-4H3. The van der Waals surface area contributed by atoms with Crippen LogP contribution in [-0.2, 0) is 4.79 Å². The summed E-state index contributed by atoms with van der Waals surface area (Å²) in [6.45, 7) is 11.4. The van der Waals surface area contributed by atoms with Gasteiger partial charge in [0.2, 0.25) is 0 Å². The van der Waals surface area contributed by atoms with E-state index in [1.165, 1.54) is 12.8 Å². The number of likely N-dealkylation sites (tertiary alicyclic amines) is 1. The summed E-state index contributed by atoms with van der Waals surface area (Å²) < 4.78 is 0. The van der Waals surface area contributed by atoms with Crippen molar-refractivity contribution in [2.45, 2.75) is 40.5 Å². The lowest BCUT2D eigenvalue weighted by atomic mass is 9.84. The van der Waals surface area contributed by atoms with E-state index in [1.807, 2.05) is 13.8 Å². The zero-order valence-corrected chi connectivity index (χ0v) is 9.97.